The van der Waals surface area contributed by atoms with Crippen molar-refractivity contribution in [3.8, 4) is 23.0 Å². The molecule has 4 rings (SSSR count). The van der Waals surface area contributed by atoms with E-state index in [0.29, 0.717) is 22.3 Å². The van der Waals surface area contributed by atoms with Crippen LogP contribution in [-0.2, 0) is 71.1 Å². The summed E-state index contributed by atoms with van der Waals surface area (Å²) in [6, 6.07) is 12.8. The molecule has 0 fully saturated rings. The van der Waals surface area contributed by atoms with Gasteiger partial charge in [0.15, 0.2) is 0 Å². The number of aryl methyl sites for hydroxylation is 2. The first-order valence-electron chi connectivity index (χ1n) is 15.8. The van der Waals surface area contributed by atoms with Gasteiger partial charge in [-0.1, -0.05) is 0 Å². The normalized spacial score (nSPS) is 11.8. The molecule has 0 unspecified atom stereocenters. The van der Waals surface area contributed by atoms with E-state index in [4.69, 9.17) is 0 Å². The van der Waals surface area contributed by atoms with Gasteiger partial charge in [-0.3, -0.25) is 0 Å². The minimum atomic E-state index is -1.14. The van der Waals surface area contributed by atoms with Gasteiger partial charge in [-0.15, -0.1) is 0 Å². The molecule has 0 saturated heterocycles. The summed E-state index contributed by atoms with van der Waals surface area (Å²) in [5.41, 5.74) is 2.47. The molecule has 49 heavy (non-hydrogen) atoms. The Kier molecular flexibility index (Phi) is 12.6. The van der Waals surface area contributed by atoms with Gasteiger partial charge in [0.1, 0.15) is 23.0 Å². The number of aliphatic hydroxyl groups is 8. The van der Waals surface area contributed by atoms with Crippen LogP contribution in [0.25, 0.3) is 0 Å². The number of rotatable bonds is 16. The van der Waals surface area contributed by atoms with Crippen LogP contribution in [0.15, 0.2) is 48.5 Å². The molecule has 0 heterocycles. The molecular weight excluding hydrogens is 636 g/mol. The fraction of sp³-hybridized carbons (Fsp3) is 0.351. The van der Waals surface area contributed by atoms with E-state index in [1.165, 1.54) is 0 Å². The molecule has 0 aromatic heterocycles. The van der Waals surface area contributed by atoms with E-state index in [2.05, 4.69) is 0 Å². The van der Waals surface area contributed by atoms with Crippen molar-refractivity contribution >= 4 is 0 Å². The Morgan fingerprint density at radius 1 is 0.327 bits per heavy atom. The number of aromatic hydroxyl groups is 4. The third kappa shape index (κ3) is 7.67. The van der Waals surface area contributed by atoms with E-state index in [9.17, 15) is 61.3 Å². The summed E-state index contributed by atoms with van der Waals surface area (Å²) in [7, 11) is 0. The fourth-order valence-electron chi connectivity index (χ4n) is 6.57. The summed E-state index contributed by atoms with van der Waals surface area (Å²) >= 11 is 0. The van der Waals surface area contributed by atoms with Gasteiger partial charge in [-0.25, -0.2) is 0 Å². The molecule has 0 saturated carbocycles. The monoisotopic (exact) mass is 680 g/mol. The minimum Gasteiger partial charge on any atom is -0.507 e. The van der Waals surface area contributed by atoms with Gasteiger partial charge in [-0.05, 0) is 96.5 Å². The average molecular weight is 681 g/mol. The Morgan fingerprint density at radius 3 is 0.735 bits per heavy atom. The van der Waals surface area contributed by atoms with Crippen LogP contribution in [0.2, 0.25) is 0 Å². The molecule has 12 nitrogen and oxygen atoms in total. The predicted octanol–water partition coefficient (Wildman–Crippen LogP) is 2.00. The molecule has 264 valence electrons. The topological polar surface area (TPSA) is 243 Å². The first-order chi connectivity index (χ1) is 23.5. The fourth-order valence-corrected chi connectivity index (χ4v) is 6.57. The van der Waals surface area contributed by atoms with Crippen LogP contribution < -0.4 is 0 Å². The molecule has 12 N–H and O–H groups in total. The standard InChI is InChI=1S/C37H44O12/c38-13-23-5-21(6-24(14-39)33(23)46)1-3-37(31-9-27(17-42)35(48)28(10-31)18-43,32-11-29(19-44)36(49)30(12-32)20-45)4-2-22-7-25(15-40)34(47)26(8-22)16-41/h5-12,38-49H,1-4,13-20H2. The van der Waals surface area contributed by atoms with Gasteiger partial charge in [0.25, 0.3) is 0 Å². The Hall–Kier alpha value is -4.24. The van der Waals surface area contributed by atoms with Crippen molar-refractivity contribution in [2.75, 3.05) is 0 Å². The second-order valence-electron chi connectivity index (χ2n) is 12.2. The second kappa shape index (κ2) is 16.4. The molecule has 0 atom stereocenters. The molecule has 0 spiro atoms. The van der Waals surface area contributed by atoms with E-state index in [0.717, 1.165) is 0 Å². The van der Waals surface area contributed by atoms with Crippen molar-refractivity contribution in [1.82, 2.24) is 0 Å². The van der Waals surface area contributed by atoms with Crippen LogP contribution >= 0.6 is 0 Å². The van der Waals surface area contributed by atoms with Gasteiger partial charge in [0, 0.05) is 49.9 Å². The summed E-state index contributed by atoms with van der Waals surface area (Å²) in [6.07, 6.45) is 0.971. The molecule has 0 radical (unpaired) electrons. The average Bonchev–Trinajstić information content (AvgIpc) is 3.12. The lowest BCUT2D eigenvalue weighted by molar-refractivity contribution is 0.262. The highest BCUT2D eigenvalue weighted by Crippen LogP contribution is 2.46. The zero-order valence-corrected chi connectivity index (χ0v) is 27.0. The predicted molar refractivity (Wildman–Crippen MR) is 177 cm³/mol. The van der Waals surface area contributed by atoms with Crippen LogP contribution in [0, 0.1) is 0 Å². The number of aliphatic hydroxyl groups excluding tert-OH is 8. The van der Waals surface area contributed by atoms with Gasteiger partial charge in [0.2, 0.25) is 0 Å². The molecule has 0 bridgehead atoms. The van der Waals surface area contributed by atoms with Crippen molar-refractivity contribution in [3.63, 3.8) is 0 Å². The lowest BCUT2D eigenvalue weighted by Gasteiger charge is -2.37. The highest BCUT2D eigenvalue weighted by molar-refractivity contribution is 5.54. The van der Waals surface area contributed by atoms with Crippen molar-refractivity contribution in [1.29, 1.82) is 0 Å². The lowest BCUT2D eigenvalue weighted by Crippen LogP contribution is -2.31. The maximum atomic E-state index is 10.8. The zero-order chi connectivity index (χ0) is 35.9. The molecular formula is C37H44O12. The molecule has 0 aliphatic rings. The van der Waals surface area contributed by atoms with Gasteiger partial charge in [0.05, 0.1) is 52.9 Å². The molecule has 12 heteroatoms. The van der Waals surface area contributed by atoms with E-state index < -0.39 is 58.3 Å². The number of phenols is 4. The maximum Gasteiger partial charge on any atom is 0.126 e. The first kappa shape index (κ1) is 37.6. The van der Waals surface area contributed by atoms with Crippen LogP contribution in [0.4, 0.5) is 0 Å². The smallest absolute Gasteiger partial charge is 0.126 e. The lowest BCUT2D eigenvalue weighted by atomic mass is 9.66. The van der Waals surface area contributed by atoms with E-state index >= 15 is 0 Å². The molecule has 0 aliphatic heterocycles. The van der Waals surface area contributed by atoms with Crippen molar-refractivity contribution in [2.45, 2.75) is 84.0 Å². The van der Waals surface area contributed by atoms with Crippen LogP contribution in [0.1, 0.15) is 79.6 Å². The molecule has 4 aromatic carbocycles. The summed E-state index contributed by atoms with van der Waals surface area (Å²) in [4.78, 5) is 0. The van der Waals surface area contributed by atoms with Gasteiger partial charge < -0.3 is 61.3 Å². The van der Waals surface area contributed by atoms with Crippen molar-refractivity contribution < 1.29 is 61.3 Å². The summed E-state index contributed by atoms with van der Waals surface area (Å²) < 4.78 is 0. The second-order valence-corrected chi connectivity index (χ2v) is 12.2. The Bertz CT molecular complexity index is 1540. The number of hydrogen-bond donors (Lipinski definition) is 12. The zero-order valence-electron chi connectivity index (χ0n) is 27.0. The first-order valence-corrected chi connectivity index (χ1v) is 15.8. The highest BCUT2D eigenvalue weighted by atomic mass is 16.3. The van der Waals surface area contributed by atoms with Crippen molar-refractivity contribution in [3.05, 3.63) is 115 Å². The van der Waals surface area contributed by atoms with Crippen LogP contribution in [0.5, 0.6) is 23.0 Å². The van der Waals surface area contributed by atoms with Crippen molar-refractivity contribution in [2.24, 2.45) is 0 Å². The molecule has 4 aromatic rings. The quantitative estimate of drug-likeness (QED) is 0.0813. The minimum absolute atomic E-state index is 0.124. The number of hydrogen-bond acceptors (Lipinski definition) is 12. The van der Waals surface area contributed by atoms with Crippen LogP contribution in [-0.4, -0.2) is 61.3 Å². The van der Waals surface area contributed by atoms with Gasteiger partial charge >= 0.3 is 0 Å². The SMILES string of the molecule is OCc1cc(CCC(CCc2cc(CO)c(O)c(CO)c2)(c2cc(CO)c(O)c(CO)c2)c2cc(CO)c(O)c(CO)c2)cc(CO)c1O. The number of benzene rings is 4. The summed E-state index contributed by atoms with van der Waals surface area (Å²) in [5.74, 6) is -1.05. The Balaban J connectivity index is 2.04. The largest absolute Gasteiger partial charge is 0.507 e. The summed E-state index contributed by atoms with van der Waals surface area (Å²) in [6.45, 7) is -4.25. The maximum absolute atomic E-state index is 10.8. The Morgan fingerprint density at radius 2 is 0.531 bits per heavy atom. The third-order valence-corrected chi connectivity index (χ3v) is 9.34. The van der Waals surface area contributed by atoms with Crippen LogP contribution in [0.3, 0.4) is 0 Å². The van der Waals surface area contributed by atoms with E-state index in [1.54, 1.807) is 48.5 Å². The third-order valence-electron chi connectivity index (χ3n) is 9.34. The highest BCUT2D eigenvalue weighted by Gasteiger charge is 2.37. The molecule has 0 aliphatic carbocycles. The van der Waals surface area contributed by atoms with E-state index in [1.807, 2.05) is 0 Å². The van der Waals surface area contributed by atoms with Gasteiger partial charge in [-0.2, -0.15) is 0 Å². The Labute approximate surface area is 283 Å². The summed E-state index contributed by atoms with van der Waals surface area (Å²) in [5, 5.41) is 123. The van der Waals surface area contributed by atoms with E-state index in [-0.39, 0.29) is 93.2 Å². The molecule has 0 amide bonds.